The maximum atomic E-state index is 2.29. The average molecular weight is 293 g/mol. The topological polar surface area (TPSA) is 4.93 Å². The highest BCUT2D eigenvalue weighted by molar-refractivity contribution is 7.98. The standard InChI is InChI=1S/C19H19NS/c1-14-13-17(20-11-7-8-12-20)18(19(21-3)15(14)2)16-9-5-4-6-10-16/h4-13H,1-3H3. The van der Waals surface area contributed by atoms with Gasteiger partial charge in [0, 0.05) is 22.9 Å². The Kier molecular flexibility index (Phi) is 3.89. The van der Waals surface area contributed by atoms with Crippen molar-refractivity contribution in [3.8, 4) is 16.8 Å². The largest absolute Gasteiger partial charge is 0.323 e. The molecule has 21 heavy (non-hydrogen) atoms. The molecule has 0 spiro atoms. The molecule has 0 bridgehead atoms. The van der Waals surface area contributed by atoms with Crippen LogP contribution < -0.4 is 0 Å². The van der Waals surface area contributed by atoms with E-state index in [1.54, 1.807) is 0 Å². The van der Waals surface area contributed by atoms with E-state index < -0.39 is 0 Å². The Hall–Kier alpha value is -1.93. The van der Waals surface area contributed by atoms with Crippen molar-refractivity contribution in [2.45, 2.75) is 18.7 Å². The lowest BCUT2D eigenvalue weighted by atomic mass is 9.97. The summed E-state index contributed by atoms with van der Waals surface area (Å²) in [7, 11) is 0. The first-order valence-electron chi connectivity index (χ1n) is 7.09. The molecule has 0 atom stereocenters. The fourth-order valence-electron chi connectivity index (χ4n) is 2.71. The van der Waals surface area contributed by atoms with Crippen LogP contribution in [0.2, 0.25) is 0 Å². The van der Waals surface area contributed by atoms with Crippen molar-refractivity contribution in [2.24, 2.45) is 0 Å². The van der Waals surface area contributed by atoms with Gasteiger partial charge in [-0.2, -0.15) is 0 Å². The van der Waals surface area contributed by atoms with E-state index in [0.717, 1.165) is 0 Å². The van der Waals surface area contributed by atoms with Crippen molar-refractivity contribution in [1.29, 1.82) is 0 Å². The minimum atomic E-state index is 1.25. The summed E-state index contributed by atoms with van der Waals surface area (Å²) in [5.74, 6) is 0. The van der Waals surface area contributed by atoms with Gasteiger partial charge in [0.15, 0.2) is 0 Å². The van der Waals surface area contributed by atoms with Crippen LogP contribution in [0.1, 0.15) is 11.1 Å². The Morgan fingerprint density at radius 3 is 2.19 bits per heavy atom. The molecule has 0 fully saturated rings. The molecule has 2 aromatic carbocycles. The number of hydrogen-bond donors (Lipinski definition) is 0. The van der Waals surface area contributed by atoms with E-state index in [1.807, 2.05) is 11.8 Å². The van der Waals surface area contributed by atoms with E-state index in [2.05, 4.69) is 85.6 Å². The van der Waals surface area contributed by atoms with E-state index in [0.29, 0.717) is 0 Å². The van der Waals surface area contributed by atoms with Gasteiger partial charge in [0.1, 0.15) is 0 Å². The van der Waals surface area contributed by atoms with Gasteiger partial charge in [-0.25, -0.2) is 0 Å². The summed E-state index contributed by atoms with van der Waals surface area (Å²) in [5, 5.41) is 0. The molecule has 0 unspecified atom stereocenters. The van der Waals surface area contributed by atoms with Gasteiger partial charge < -0.3 is 4.57 Å². The molecular formula is C19H19NS. The van der Waals surface area contributed by atoms with Gasteiger partial charge in [0.05, 0.1) is 5.69 Å². The number of benzene rings is 2. The molecule has 0 aliphatic carbocycles. The Morgan fingerprint density at radius 1 is 0.905 bits per heavy atom. The van der Waals surface area contributed by atoms with Gasteiger partial charge in [-0.15, -0.1) is 11.8 Å². The van der Waals surface area contributed by atoms with Crippen LogP contribution in [0.15, 0.2) is 65.8 Å². The number of nitrogens with zero attached hydrogens (tertiary/aromatic N) is 1. The molecule has 1 aromatic heterocycles. The lowest BCUT2D eigenvalue weighted by Gasteiger charge is -2.19. The molecule has 106 valence electrons. The second kappa shape index (κ2) is 5.82. The van der Waals surface area contributed by atoms with Crippen LogP contribution >= 0.6 is 11.8 Å². The molecule has 0 amide bonds. The van der Waals surface area contributed by atoms with Gasteiger partial charge in [-0.1, -0.05) is 30.3 Å². The van der Waals surface area contributed by atoms with E-state index in [4.69, 9.17) is 0 Å². The fraction of sp³-hybridized carbons (Fsp3) is 0.158. The molecule has 0 aliphatic heterocycles. The molecule has 0 saturated heterocycles. The van der Waals surface area contributed by atoms with Crippen molar-refractivity contribution in [3.63, 3.8) is 0 Å². The van der Waals surface area contributed by atoms with Gasteiger partial charge in [-0.3, -0.25) is 0 Å². The van der Waals surface area contributed by atoms with Crippen molar-refractivity contribution in [2.75, 3.05) is 6.26 Å². The number of aromatic nitrogens is 1. The first-order chi connectivity index (χ1) is 10.2. The van der Waals surface area contributed by atoms with E-state index in [9.17, 15) is 0 Å². The molecule has 1 heterocycles. The molecule has 0 radical (unpaired) electrons. The van der Waals surface area contributed by atoms with Crippen LogP contribution in [0.3, 0.4) is 0 Å². The van der Waals surface area contributed by atoms with Crippen LogP contribution in [0, 0.1) is 13.8 Å². The molecule has 0 N–H and O–H groups in total. The Morgan fingerprint density at radius 2 is 1.57 bits per heavy atom. The number of rotatable bonds is 3. The number of aryl methyl sites for hydroxylation is 1. The van der Waals surface area contributed by atoms with Crippen molar-refractivity contribution in [3.05, 3.63) is 72.1 Å². The summed E-state index contributed by atoms with van der Waals surface area (Å²) in [6.45, 7) is 4.41. The van der Waals surface area contributed by atoms with Crippen LogP contribution in [0.5, 0.6) is 0 Å². The third-order valence-corrected chi connectivity index (χ3v) is 4.84. The monoisotopic (exact) mass is 293 g/mol. The van der Waals surface area contributed by atoms with E-state index >= 15 is 0 Å². The summed E-state index contributed by atoms with van der Waals surface area (Å²) in [6, 6.07) is 17.1. The average Bonchev–Trinajstić information content (AvgIpc) is 3.04. The zero-order valence-corrected chi connectivity index (χ0v) is 13.4. The molecule has 3 aromatic rings. The van der Waals surface area contributed by atoms with Crippen LogP contribution in [-0.4, -0.2) is 10.8 Å². The third kappa shape index (κ3) is 2.52. The van der Waals surface area contributed by atoms with Crippen molar-refractivity contribution >= 4 is 11.8 Å². The summed E-state index contributed by atoms with van der Waals surface area (Å²) >= 11 is 1.83. The Bertz CT molecular complexity index is 743. The van der Waals surface area contributed by atoms with Gasteiger partial charge in [0.25, 0.3) is 0 Å². The zero-order valence-electron chi connectivity index (χ0n) is 12.6. The molecular weight excluding hydrogens is 274 g/mol. The predicted octanol–water partition coefficient (Wildman–Crippen LogP) is 5.48. The zero-order chi connectivity index (χ0) is 14.8. The summed E-state index contributed by atoms with van der Waals surface area (Å²) in [4.78, 5) is 1.37. The van der Waals surface area contributed by atoms with Crippen molar-refractivity contribution in [1.82, 2.24) is 4.57 Å². The summed E-state index contributed by atoms with van der Waals surface area (Å²) < 4.78 is 2.20. The molecule has 1 nitrogen and oxygen atoms in total. The minimum absolute atomic E-state index is 1.25. The predicted molar refractivity (Wildman–Crippen MR) is 92.5 cm³/mol. The number of thioether (sulfide) groups is 1. The number of hydrogen-bond acceptors (Lipinski definition) is 1. The highest BCUT2D eigenvalue weighted by atomic mass is 32.2. The Labute approximate surface area is 130 Å². The SMILES string of the molecule is CSc1c(C)c(C)cc(-n2cccc2)c1-c1ccccc1. The third-order valence-electron chi connectivity index (χ3n) is 3.92. The van der Waals surface area contributed by atoms with Gasteiger partial charge >= 0.3 is 0 Å². The van der Waals surface area contributed by atoms with Gasteiger partial charge in [-0.05, 0) is 55.0 Å². The van der Waals surface area contributed by atoms with Crippen molar-refractivity contribution < 1.29 is 0 Å². The lowest BCUT2D eigenvalue weighted by Crippen LogP contribution is -2.00. The Balaban J connectivity index is 2.36. The fourth-order valence-corrected chi connectivity index (χ4v) is 3.60. The second-order valence-electron chi connectivity index (χ2n) is 5.20. The molecule has 3 rings (SSSR count). The second-order valence-corrected chi connectivity index (χ2v) is 6.02. The molecule has 0 saturated carbocycles. The van der Waals surface area contributed by atoms with E-state index in [-0.39, 0.29) is 0 Å². The summed E-state index contributed by atoms with van der Waals surface area (Å²) in [5.41, 5.74) is 6.55. The van der Waals surface area contributed by atoms with Gasteiger partial charge in [0.2, 0.25) is 0 Å². The molecule has 0 aliphatic rings. The first-order valence-corrected chi connectivity index (χ1v) is 8.32. The van der Waals surface area contributed by atoms with Crippen LogP contribution in [0.4, 0.5) is 0 Å². The first kappa shape index (κ1) is 14.0. The normalized spacial score (nSPS) is 10.8. The van der Waals surface area contributed by atoms with E-state index in [1.165, 1.54) is 32.8 Å². The minimum Gasteiger partial charge on any atom is -0.323 e. The van der Waals surface area contributed by atoms with Crippen LogP contribution in [0.25, 0.3) is 16.8 Å². The van der Waals surface area contributed by atoms with Crippen LogP contribution in [-0.2, 0) is 0 Å². The lowest BCUT2D eigenvalue weighted by molar-refractivity contribution is 1.06. The summed E-state index contributed by atoms with van der Waals surface area (Å²) in [6.07, 6.45) is 6.38. The highest BCUT2D eigenvalue weighted by Crippen LogP contribution is 2.39. The maximum absolute atomic E-state index is 2.29. The highest BCUT2D eigenvalue weighted by Gasteiger charge is 2.15. The maximum Gasteiger partial charge on any atom is 0.0541 e. The smallest absolute Gasteiger partial charge is 0.0541 e. The molecule has 2 heteroatoms. The quantitative estimate of drug-likeness (QED) is 0.579.